The Morgan fingerprint density at radius 2 is 2.09 bits per heavy atom. The SMILES string of the molecule is C=C/N=C(NC)\C(C=C)=C/C. The average molecular weight is 150 g/mol. The Balaban J connectivity index is 4.61. The summed E-state index contributed by atoms with van der Waals surface area (Å²) in [6, 6.07) is 0. The van der Waals surface area contributed by atoms with Crippen LogP contribution < -0.4 is 5.32 Å². The quantitative estimate of drug-likeness (QED) is 0.371. The third-order valence-electron chi connectivity index (χ3n) is 1.26. The van der Waals surface area contributed by atoms with Gasteiger partial charge in [0, 0.05) is 18.8 Å². The summed E-state index contributed by atoms with van der Waals surface area (Å²) < 4.78 is 0. The number of likely N-dealkylation sites (N-methyl/N-ethyl adjacent to an activating group) is 1. The van der Waals surface area contributed by atoms with Gasteiger partial charge < -0.3 is 5.32 Å². The van der Waals surface area contributed by atoms with Crippen LogP contribution in [0.5, 0.6) is 0 Å². The molecule has 2 heteroatoms. The third-order valence-corrected chi connectivity index (χ3v) is 1.26. The summed E-state index contributed by atoms with van der Waals surface area (Å²) >= 11 is 0. The molecule has 0 saturated carbocycles. The molecule has 1 N–H and O–H groups in total. The minimum Gasteiger partial charge on any atom is -0.373 e. The molecule has 0 heterocycles. The molecule has 0 aliphatic heterocycles. The Bertz CT molecular complexity index is 200. The minimum atomic E-state index is 0.789. The zero-order valence-electron chi connectivity index (χ0n) is 7.09. The largest absolute Gasteiger partial charge is 0.373 e. The number of amidine groups is 1. The highest BCUT2D eigenvalue weighted by Gasteiger charge is 1.96. The van der Waals surface area contributed by atoms with Gasteiger partial charge in [0.05, 0.1) is 0 Å². The Labute approximate surface area is 68.0 Å². The molecule has 0 aromatic heterocycles. The van der Waals surface area contributed by atoms with E-state index in [2.05, 4.69) is 23.5 Å². The Hall–Kier alpha value is -1.31. The molecule has 0 unspecified atom stereocenters. The van der Waals surface area contributed by atoms with Gasteiger partial charge >= 0.3 is 0 Å². The molecule has 0 spiro atoms. The normalized spacial score (nSPS) is 12.5. The van der Waals surface area contributed by atoms with Crippen molar-refractivity contribution in [2.75, 3.05) is 7.05 Å². The number of hydrogen-bond acceptors (Lipinski definition) is 1. The minimum absolute atomic E-state index is 0.789. The molecule has 0 atom stereocenters. The molecule has 11 heavy (non-hydrogen) atoms. The van der Waals surface area contributed by atoms with Gasteiger partial charge in [-0.1, -0.05) is 25.3 Å². The molecule has 0 radical (unpaired) electrons. The zero-order valence-corrected chi connectivity index (χ0v) is 7.09. The van der Waals surface area contributed by atoms with Crippen molar-refractivity contribution in [1.29, 1.82) is 0 Å². The molecule has 0 aromatic rings. The molecule has 60 valence electrons. The van der Waals surface area contributed by atoms with Crippen LogP contribution in [0.3, 0.4) is 0 Å². The van der Waals surface area contributed by atoms with Crippen LogP contribution in [0, 0.1) is 0 Å². The van der Waals surface area contributed by atoms with Crippen molar-refractivity contribution >= 4 is 5.84 Å². The van der Waals surface area contributed by atoms with Gasteiger partial charge in [0.25, 0.3) is 0 Å². The molecule has 2 nitrogen and oxygen atoms in total. The van der Waals surface area contributed by atoms with E-state index in [1.54, 1.807) is 6.08 Å². The van der Waals surface area contributed by atoms with Gasteiger partial charge in [-0.05, 0) is 6.92 Å². The summed E-state index contributed by atoms with van der Waals surface area (Å²) in [7, 11) is 1.81. The van der Waals surface area contributed by atoms with E-state index in [0.717, 1.165) is 11.4 Å². The standard InChI is InChI=1S/C9H14N2/c1-5-8(6-2)9(10-4)11-7-3/h5-7H,1,3H2,2,4H3,(H,10,11)/b8-6-. The molecule has 0 bridgehead atoms. The lowest BCUT2D eigenvalue weighted by Gasteiger charge is -2.03. The summed E-state index contributed by atoms with van der Waals surface area (Å²) in [5, 5.41) is 2.94. The van der Waals surface area contributed by atoms with Crippen molar-refractivity contribution in [2.24, 2.45) is 4.99 Å². The second kappa shape index (κ2) is 5.47. The lowest BCUT2D eigenvalue weighted by atomic mass is 10.2. The van der Waals surface area contributed by atoms with Crippen molar-refractivity contribution in [1.82, 2.24) is 5.32 Å². The van der Waals surface area contributed by atoms with Crippen LogP contribution in [0.25, 0.3) is 0 Å². The van der Waals surface area contributed by atoms with Gasteiger partial charge in [0.1, 0.15) is 5.84 Å². The van der Waals surface area contributed by atoms with E-state index in [1.807, 2.05) is 20.0 Å². The fourth-order valence-electron chi connectivity index (χ4n) is 0.726. The van der Waals surface area contributed by atoms with Gasteiger partial charge in [-0.15, -0.1) is 0 Å². The smallest absolute Gasteiger partial charge is 0.132 e. The molecule has 0 saturated heterocycles. The molecule has 0 aliphatic rings. The maximum atomic E-state index is 4.01. The first kappa shape index (κ1) is 9.69. The highest BCUT2D eigenvalue weighted by Crippen LogP contribution is 1.96. The van der Waals surface area contributed by atoms with Crippen molar-refractivity contribution < 1.29 is 0 Å². The van der Waals surface area contributed by atoms with Crippen LogP contribution in [0.4, 0.5) is 0 Å². The zero-order chi connectivity index (χ0) is 8.69. The number of nitrogens with zero attached hydrogens (tertiary/aromatic N) is 1. The Morgan fingerprint density at radius 3 is 2.36 bits per heavy atom. The molecule has 0 aromatic carbocycles. The first-order chi connectivity index (χ1) is 5.29. The van der Waals surface area contributed by atoms with Crippen LogP contribution >= 0.6 is 0 Å². The van der Waals surface area contributed by atoms with Crippen molar-refractivity contribution in [3.05, 3.63) is 37.1 Å². The van der Waals surface area contributed by atoms with Crippen LogP contribution in [0.15, 0.2) is 42.1 Å². The van der Waals surface area contributed by atoms with Crippen molar-refractivity contribution in [3.63, 3.8) is 0 Å². The van der Waals surface area contributed by atoms with Crippen LogP contribution in [0.1, 0.15) is 6.92 Å². The van der Waals surface area contributed by atoms with Crippen LogP contribution in [-0.2, 0) is 0 Å². The number of allylic oxidation sites excluding steroid dienone is 1. The maximum Gasteiger partial charge on any atom is 0.132 e. The molecular formula is C9H14N2. The van der Waals surface area contributed by atoms with E-state index in [9.17, 15) is 0 Å². The van der Waals surface area contributed by atoms with Crippen LogP contribution in [-0.4, -0.2) is 12.9 Å². The van der Waals surface area contributed by atoms with E-state index >= 15 is 0 Å². The van der Waals surface area contributed by atoms with Crippen molar-refractivity contribution in [2.45, 2.75) is 6.92 Å². The predicted molar refractivity (Wildman–Crippen MR) is 50.6 cm³/mol. The van der Waals surface area contributed by atoms with Gasteiger partial charge in [0.15, 0.2) is 0 Å². The second-order valence-electron chi connectivity index (χ2n) is 1.86. The highest BCUT2D eigenvalue weighted by molar-refractivity contribution is 6.00. The van der Waals surface area contributed by atoms with Crippen molar-refractivity contribution in [3.8, 4) is 0 Å². The molecule has 0 fully saturated rings. The average Bonchev–Trinajstić information content (AvgIpc) is 2.05. The van der Waals surface area contributed by atoms with E-state index in [-0.39, 0.29) is 0 Å². The topological polar surface area (TPSA) is 24.4 Å². The fraction of sp³-hybridized carbons (Fsp3) is 0.222. The molecule has 0 rings (SSSR count). The molecule has 0 aliphatic carbocycles. The number of nitrogens with one attached hydrogen (secondary N) is 1. The second-order valence-corrected chi connectivity index (χ2v) is 1.86. The lowest BCUT2D eigenvalue weighted by molar-refractivity contribution is 1.16. The van der Waals surface area contributed by atoms with Gasteiger partial charge in [-0.2, -0.15) is 0 Å². The Morgan fingerprint density at radius 1 is 1.45 bits per heavy atom. The van der Waals surface area contributed by atoms with E-state index < -0.39 is 0 Å². The number of rotatable bonds is 3. The predicted octanol–water partition coefficient (Wildman–Crippen LogP) is 1.88. The van der Waals surface area contributed by atoms with Gasteiger partial charge in [0.2, 0.25) is 0 Å². The summed E-state index contributed by atoms with van der Waals surface area (Å²) in [5.74, 6) is 0.789. The lowest BCUT2D eigenvalue weighted by Crippen LogP contribution is -2.19. The monoisotopic (exact) mass is 150 g/mol. The first-order valence-corrected chi connectivity index (χ1v) is 3.45. The van der Waals surface area contributed by atoms with Gasteiger partial charge in [-0.25, -0.2) is 4.99 Å². The fourth-order valence-corrected chi connectivity index (χ4v) is 0.726. The maximum absolute atomic E-state index is 4.01. The number of aliphatic imine (C=N–C) groups is 1. The summed E-state index contributed by atoms with van der Waals surface area (Å²) in [6.45, 7) is 9.11. The number of hydrogen-bond donors (Lipinski definition) is 1. The third kappa shape index (κ3) is 2.85. The van der Waals surface area contributed by atoms with E-state index in [0.29, 0.717) is 0 Å². The van der Waals surface area contributed by atoms with E-state index in [4.69, 9.17) is 0 Å². The molecular weight excluding hydrogens is 136 g/mol. The summed E-state index contributed by atoms with van der Waals surface area (Å²) in [4.78, 5) is 4.01. The summed E-state index contributed by atoms with van der Waals surface area (Å²) in [5.41, 5.74) is 0.979. The van der Waals surface area contributed by atoms with Crippen LogP contribution in [0.2, 0.25) is 0 Å². The van der Waals surface area contributed by atoms with Gasteiger partial charge in [-0.3, -0.25) is 0 Å². The summed E-state index contributed by atoms with van der Waals surface area (Å²) in [6.07, 6.45) is 5.18. The highest BCUT2D eigenvalue weighted by atomic mass is 15.0. The van der Waals surface area contributed by atoms with E-state index in [1.165, 1.54) is 6.20 Å². The first-order valence-electron chi connectivity index (χ1n) is 3.45. The Kier molecular flexibility index (Phi) is 4.82. The molecule has 0 amide bonds.